The molecule has 1 heterocycles. The number of hydrogen-bond acceptors (Lipinski definition) is 2. The molecule has 0 bridgehead atoms. The number of furan rings is 1. The fraction of sp³-hybridized carbons (Fsp3) is 0.200. The summed E-state index contributed by atoms with van der Waals surface area (Å²) >= 11 is 0. The van der Waals surface area contributed by atoms with E-state index >= 15 is 0 Å². The Kier molecular flexibility index (Phi) is 1.62. The summed E-state index contributed by atoms with van der Waals surface area (Å²) in [6.45, 7) is 2.07. The average Bonchev–Trinajstić information content (AvgIpc) is 2.47. The Bertz CT molecular complexity index is 401. The monoisotopic (exact) mass is 162 g/mol. The van der Waals surface area contributed by atoms with E-state index in [1.165, 1.54) is 0 Å². The molecule has 0 atom stereocenters. The molecule has 0 aliphatic rings. The number of rotatable bonds is 1. The third-order valence-corrected chi connectivity index (χ3v) is 2.02. The van der Waals surface area contributed by atoms with Crippen LogP contribution < -0.4 is 0 Å². The van der Waals surface area contributed by atoms with Crippen LogP contribution in [0.2, 0.25) is 0 Å². The second-order valence-electron chi connectivity index (χ2n) is 2.91. The molecule has 0 radical (unpaired) electrons. The molecule has 2 heteroatoms. The molecule has 12 heavy (non-hydrogen) atoms. The Labute approximate surface area is 70.4 Å². The lowest BCUT2D eigenvalue weighted by Crippen LogP contribution is -1.80. The first kappa shape index (κ1) is 7.37. The Balaban J connectivity index is 2.69. The van der Waals surface area contributed by atoms with Crippen molar-refractivity contribution < 1.29 is 9.52 Å². The molecule has 0 aliphatic heterocycles. The molecule has 62 valence electrons. The van der Waals surface area contributed by atoms with Crippen molar-refractivity contribution in [2.75, 3.05) is 0 Å². The zero-order chi connectivity index (χ0) is 8.55. The van der Waals surface area contributed by atoms with Crippen molar-refractivity contribution in [3.63, 3.8) is 0 Å². The highest BCUT2D eigenvalue weighted by Gasteiger charge is 2.01. The van der Waals surface area contributed by atoms with E-state index in [4.69, 9.17) is 9.52 Å². The zero-order valence-electron chi connectivity index (χ0n) is 6.87. The lowest BCUT2D eigenvalue weighted by atomic mass is 10.1. The van der Waals surface area contributed by atoms with Gasteiger partial charge in [0.05, 0.1) is 12.9 Å². The first-order chi connectivity index (χ1) is 5.81. The molecule has 1 aromatic carbocycles. The van der Waals surface area contributed by atoms with Crippen LogP contribution in [0.25, 0.3) is 11.0 Å². The summed E-state index contributed by atoms with van der Waals surface area (Å²) in [5.41, 5.74) is 2.87. The molecule has 1 N–H and O–H groups in total. The molecular formula is C10H10O2. The van der Waals surface area contributed by atoms with E-state index in [1.54, 1.807) is 6.26 Å². The van der Waals surface area contributed by atoms with Gasteiger partial charge in [-0.3, -0.25) is 0 Å². The van der Waals surface area contributed by atoms with E-state index < -0.39 is 0 Å². The average molecular weight is 162 g/mol. The minimum absolute atomic E-state index is 0.0652. The van der Waals surface area contributed by atoms with Crippen molar-refractivity contribution in [1.82, 2.24) is 0 Å². The van der Waals surface area contributed by atoms with Gasteiger partial charge in [0, 0.05) is 5.39 Å². The van der Waals surface area contributed by atoms with Gasteiger partial charge in [-0.1, -0.05) is 12.1 Å². The summed E-state index contributed by atoms with van der Waals surface area (Å²) in [4.78, 5) is 0. The standard InChI is InChI=1S/C10H10O2/c1-7-6-12-10-4-8(5-11)2-3-9(7)10/h2-4,6,11H,5H2,1H3. The molecule has 2 rings (SSSR count). The maximum Gasteiger partial charge on any atom is 0.134 e. The van der Waals surface area contributed by atoms with Gasteiger partial charge in [-0.15, -0.1) is 0 Å². The van der Waals surface area contributed by atoms with Gasteiger partial charge in [0.2, 0.25) is 0 Å². The largest absolute Gasteiger partial charge is 0.464 e. The quantitative estimate of drug-likeness (QED) is 0.697. The van der Waals surface area contributed by atoms with Crippen molar-refractivity contribution in [2.24, 2.45) is 0 Å². The van der Waals surface area contributed by atoms with Crippen LogP contribution in [0, 0.1) is 6.92 Å². The number of aliphatic hydroxyl groups is 1. The van der Waals surface area contributed by atoms with Crippen LogP contribution in [0.15, 0.2) is 28.9 Å². The van der Waals surface area contributed by atoms with Crippen LogP contribution in [0.4, 0.5) is 0 Å². The SMILES string of the molecule is Cc1coc2cc(CO)ccc12. The van der Waals surface area contributed by atoms with Crippen molar-refractivity contribution in [3.8, 4) is 0 Å². The molecular weight excluding hydrogens is 152 g/mol. The lowest BCUT2D eigenvalue weighted by molar-refractivity contribution is 0.282. The third-order valence-electron chi connectivity index (χ3n) is 2.02. The molecule has 0 unspecified atom stereocenters. The maximum atomic E-state index is 8.86. The van der Waals surface area contributed by atoms with E-state index in [1.807, 2.05) is 25.1 Å². The Hall–Kier alpha value is -1.28. The minimum atomic E-state index is 0.0652. The Morgan fingerprint density at radius 2 is 2.25 bits per heavy atom. The Morgan fingerprint density at radius 1 is 1.42 bits per heavy atom. The van der Waals surface area contributed by atoms with Crippen molar-refractivity contribution >= 4 is 11.0 Å². The smallest absolute Gasteiger partial charge is 0.134 e. The topological polar surface area (TPSA) is 33.4 Å². The number of fused-ring (bicyclic) bond motifs is 1. The highest BCUT2D eigenvalue weighted by atomic mass is 16.3. The highest BCUT2D eigenvalue weighted by molar-refractivity contribution is 5.81. The van der Waals surface area contributed by atoms with Crippen molar-refractivity contribution in [3.05, 3.63) is 35.6 Å². The van der Waals surface area contributed by atoms with Crippen LogP contribution in [0.3, 0.4) is 0 Å². The highest BCUT2D eigenvalue weighted by Crippen LogP contribution is 2.21. The fourth-order valence-electron chi connectivity index (χ4n) is 1.30. The van der Waals surface area contributed by atoms with Gasteiger partial charge in [-0.05, 0) is 24.1 Å². The predicted octanol–water partition coefficient (Wildman–Crippen LogP) is 2.23. The lowest BCUT2D eigenvalue weighted by Gasteiger charge is -1.94. The van der Waals surface area contributed by atoms with Gasteiger partial charge in [0.25, 0.3) is 0 Å². The van der Waals surface area contributed by atoms with Gasteiger partial charge in [-0.25, -0.2) is 0 Å². The number of hydrogen-bond donors (Lipinski definition) is 1. The normalized spacial score (nSPS) is 10.8. The maximum absolute atomic E-state index is 8.86. The zero-order valence-corrected chi connectivity index (χ0v) is 6.87. The van der Waals surface area contributed by atoms with Crippen molar-refractivity contribution in [1.29, 1.82) is 0 Å². The van der Waals surface area contributed by atoms with Crippen LogP contribution in [0.1, 0.15) is 11.1 Å². The summed E-state index contributed by atoms with van der Waals surface area (Å²) in [6, 6.07) is 5.74. The molecule has 0 saturated heterocycles. The van der Waals surface area contributed by atoms with Gasteiger partial charge >= 0.3 is 0 Å². The van der Waals surface area contributed by atoms with E-state index in [2.05, 4.69) is 0 Å². The van der Waals surface area contributed by atoms with Crippen LogP contribution in [0.5, 0.6) is 0 Å². The minimum Gasteiger partial charge on any atom is -0.464 e. The van der Waals surface area contributed by atoms with Crippen molar-refractivity contribution in [2.45, 2.75) is 13.5 Å². The summed E-state index contributed by atoms with van der Waals surface area (Å²) in [7, 11) is 0. The first-order valence-electron chi connectivity index (χ1n) is 3.89. The summed E-state index contributed by atoms with van der Waals surface area (Å²) < 4.78 is 5.28. The van der Waals surface area contributed by atoms with Crippen LogP contribution in [-0.2, 0) is 6.61 Å². The van der Waals surface area contributed by atoms with E-state index in [9.17, 15) is 0 Å². The molecule has 2 nitrogen and oxygen atoms in total. The molecule has 0 saturated carbocycles. The summed E-state index contributed by atoms with van der Waals surface area (Å²) in [5, 5.41) is 9.98. The number of aryl methyl sites for hydroxylation is 1. The second-order valence-corrected chi connectivity index (χ2v) is 2.91. The van der Waals surface area contributed by atoms with Gasteiger partial charge in [0.15, 0.2) is 0 Å². The number of aliphatic hydroxyl groups excluding tert-OH is 1. The van der Waals surface area contributed by atoms with Gasteiger partial charge in [-0.2, -0.15) is 0 Å². The number of benzene rings is 1. The molecule has 0 fully saturated rings. The van der Waals surface area contributed by atoms with E-state index in [-0.39, 0.29) is 6.61 Å². The molecule has 0 amide bonds. The summed E-state index contributed by atoms with van der Waals surface area (Å²) in [6.07, 6.45) is 1.73. The molecule has 0 spiro atoms. The Morgan fingerprint density at radius 3 is 3.00 bits per heavy atom. The van der Waals surface area contributed by atoms with Crippen LogP contribution in [-0.4, -0.2) is 5.11 Å². The van der Waals surface area contributed by atoms with E-state index in [0.29, 0.717) is 0 Å². The van der Waals surface area contributed by atoms with E-state index in [0.717, 1.165) is 22.1 Å². The predicted molar refractivity (Wildman–Crippen MR) is 46.9 cm³/mol. The fourth-order valence-corrected chi connectivity index (χ4v) is 1.30. The van der Waals surface area contributed by atoms with Gasteiger partial charge in [0.1, 0.15) is 5.58 Å². The second kappa shape index (κ2) is 2.64. The summed E-state index contributed by atoms with van der Waals surface area (Å²) in [5.74, 6) is 0. The third kappa shape index (κ3) is 1.01. The van der Waals surface area contributed by atoms with Crippen LogP contribution >= 0.6 is 0 Å². The molecule has 1 aromatic heterocycles. The molecule has 0 aliphatic carbocycles. The first-order valence-corrected chi connectivity index (χ1v) is 3.89. The van der Waals surface area contributed by atoms with Gasteiger partial charge < -0.3 is 9.52 Å². The molecule has 2 aromatic rings.